The Bertz CT molecular complexity index is 490. The normalized spacial score (nSPS) is 13.3. The van der Waals surface area contributed by atoms with Crippen LogP contribution in [-0.4, -0.2) is 15.6 Å². The van der Waals surface area contributed by atoms with Gasteiger partial charge in [0.25, 0.3) is 0 Å². The molecule has 0 saturated heterocycles. The molecule has 1 aromatic carbocycles. The topological polar surface area (TPSA) is 25.2 Å². The Kier molecular flexibility index (Phi) is 2.72. The first-order chi connectivity index (χ1) is 7.16. The van der Waals surface area contributed by atoms with Crippen LogP contribution in [-0.2, 0) is 7.05 Å². The molecule has 0 radical (unpaired) electrons. The molecular weight excluding hydrogens is 210 g/mol. The molecule has 0 spiro atoms. The lowest BCUT2D eigenvalue weighted by atomic mass is 10.1. The first-order valence-corrected chi connectivity index (χ1v) is 5.48. The number of aromatic nitrogens is 1. The second-order valence-electron chi connectivity index (χ2n) is 3.75. The molecule has 80 valence electrons. The fourth-order valence-electron chi connectivity index (χ4n) is 2.05. The van der Waals surface area contributed by atoms with Crippen LogP contribution in [0, 0.1) is 6.92 Å². The molecule has 1 atom stereocenters. The summed E-state index contributed by atoms with van der Waals surface area (Å²) in [7, 11) is 2.00. The number of nitrogens with zero attached hydrogens (tertiary/aromatic N) is 1. The Morgan fingerprint density at radius 2 is 2.07 bits per heavy atom. The maximum absolute atomic E-state index is 9.88. The first kappa shape index (κ1) is 10.5. The van der Waals surface area contributed by atoms with Crippen molar-refractivity contribution in [2.45, 2.75) is 13.0 Å². The lowest BCUT2D eigenvalue weighted by molar-refractivity contribution is 0.203. The number of aliphatic hydroxyl groups excluding tert-OH is 1. The zero-order valence-electron chi connectivity index (χ0n) is 8.87. The highest BCUT2D eigenvalue weighted by Gasteiger charge is 2.17. The Balaban J connectivity index is 2.77. The number of hydrogen-bond acceptors (Lipinski definition) is 1. The minimum Gasteiger partial charge on any atom is -0.387 e. The van der Waals surface area contributed by atoms with E-state index in [2.05, 4.69) is 4.57 Å². The molecule has 0 aliphatic heterocycles. The van der Waals surface area contributed by atoms with E-state index >= 15 is 0 Å². The van der Waals surface area contributed by atoms with E-state index in [0.29, 0.717) is 0 Å². The van der Waals surface area contributed by atoms with Gasteiger partial charge < -0.3 is 9.67 Å². The summed E-state index contributed by atoms with van der Waals surface area (Å²) in [5.41, 5.74) is 3.15. The summed E-state index contributed by atoms with van der Waals surface area (Å²) in [6, 6.07) is 8.05. The van der Waals surface area contributed by atoms with Crippen molar-refractivity contribution in [1.82, 2.24) is 4.57 Å². The van der Waals surface area contributed by atoms with Crippen molar-refractivity contribution in [3.63, 3.8) is 0 Å². The van der Waals surface area contributed by atoms with E-state index in [1.54, 1.807) is 0 Å². The van der Waals surface area contributed by atoms with Gasteiger partial charge in [-0.3, -0.25) is 0 Å². The molecule has 3 heteroatoms. The molecule has 2 aromatic rings. The molecule has 2 nitrogen and oxygen atoms in total. The molecule has 0 aliphatic rings. The van der Waals surface area contributed by atoms with Gasteiger partial charge >= 0.3 is 0 Å². The fourth-order valence-corrected chi connectivity index (χ4v) is 2.20. The highest BCUT2D eigenvalue weighted by Crippen LogP contribution is 2.30. The SMILES string of the molecule is Cc1c(C(O)CCl)c2ccccc2n1C. The quantitative estimate of drug-likeness (QED) is 0.779. The van der Waals surface area contributed by atoms with Crippen molar-refractivity contribution in [3.05, 3.63) is 35.5 Å². The van der Waals surface area contributed by atoms with Gasteiger partial charge in [0.1, 0.15) is 0 Å². The fraction of sp³-hybridized carbons (Fsp3) is 0.333. The number of aryl methyl sites for hydroxylation is 1. The Hall–Kier alpha value is -0.990. The zero-order chi connectivity index (χ0) is 11.0. The molecule has 0 bridgehead atoms. The molecule has 1 aromatic heterocycles. The maximum atomic E-state index is 9.88. The molecule has 0 aliphatic carbocycles. The van der Waals surface area contributed by atoms with Crippen LogP contribution in [0.1, 0.15) is 17.4 Å². The highest BCUT2D eigenvalue weighted by atomic mass is 35.5. The molecule has 1 heterocycles. The predicted octanol–water partition coefficient (Wildman–Crippen LogP) is 2.76. The number of fused-ring (bicyclic) bond motifs is 1. The molecule has 0 saturated carbocycles. The van der Waals surface area contributed by atoms with Gasteiger partial charge in [-0.25, -0.2) is 0 Å². The van der Waals surface area contributed by atoms with Crippen molar-refractivity contribution in [2.75, 3.05) is 5.88 Å². The van der Waals surface area contributed by atoms with Crippen LogP contribution in [0.3, 0.4) is 0 Å². The summed E-state index contributed by atoms with van der Waals surface area (Å²) < 4.78 is 2.08. The van der Waals surface area contributed by atoms with E-state index < -0.39 is 6.10 Å². The van der Waals surface area contributed by atoms with E-state index in [0.717, 1.165) is 22.2 Å². The Morgan fingerprint density at radius 3 is 2.73 bits per heavy atom. The highest BCUT2D eigenvalue weighted by molar-refractivity contribution is 6.18. The summed E-state index contributed by atoms with van der Waals surface area (Å²) in [4.78, 5) is 0. The third-order valence-corrected chi connectivity index (χ3v) is 3.22. The number of benzene rings is 1. The van der Waals surface area contributed by atoms with Gasteiger partial charge in [0, 0.05) is 29.2 Å². The van der Waals surface area contributed by atoms with Gasteiger partial charge in [-0.1, -0.05) is 18.2 Å². The average molecular weight is 224 g/mol. The van der Waals surface area contributed by atoms with E-state index in [1.807, 2.05) is 38.2 Å². The average Bonchev–Trinajstić information content (AvgIpc) is 2.52. The molecular formula is C12H14ClNO. The van der Waals surface area contributed by atoms with Crippen LogP contribution in [0.4, 0.5) is 0 Å². The minimum absolute atomic E-state index is 0.231. The van der Waals surface area contributed by atoms with Crippen molar-refractivity contribution in [2.24, 2.45) is 7.05 Å². The van der Waals surface area contributed by atoms with Crippen LogP contribution in [0.15, 0.2) is 24.3 Å². The van der Waals surface area contributed by atoms with Crippen LogP contribution in [0.2, 0.25) is 0 Å². The third-order valence-electron chi connectivity index (χ3n) is 2.93. The van der Waals surface area contributed by atoms with Gasteiger partial charge in [0.15, 0.2) is 0 Å². The lowest BCUT2D eigenvalue weighted by Crippen LogP contribution is -2.01. The largest absolute Gasteiger partial charge is 0.387 e. The third kappa shape index (κ3) is 1.54. The van der Waals surface area contributed by atoms with Crippen LogP contribution >= 0.6 is 11.6 Å². The van der Waals surface area contributed by atoms with Crippen molar-refractivity contribution in [1.29, 1.82) is 0 Å². The summed E-state index contributed by atoms with van der Waals surface area (Å²) in [5.74, 6) is 0.231. The molecule has 2 rings (SSSR count). The Labute approximate surface area is 94.1 Å². The van der Waals surface area contributed by atoms with E-state index in [-0.39, 0.29) is 5.88 Å². The maximum Gasteiger partial charge on any atom is 0.0948 e. The first-order valence-electron chi connectivity index (χ1n) is 4.94. The number of alkyl halides is 1. The zero-order valence-corrected chi connectivity index (χ0v) is 9.62. The van der Waals surface area contributed by atoms with Gasteiger partial charge in [0.2, 0.25) is 0 Å². The molecule has 0 fully saturated rings. The van der Waals surface area contributed by atoms with E-state index in [4.69, 9.17) is 11.6 Å². The molecule has 15 heavy (non-hydrogen) atoms. The van der Waals surface area contributed by atoms with Crippen molar-refractivity contribution >= 4 is 22.5 Å². The summed E-state index contributed by atoms with van der Waals surface area (Å²) >= 11 is 5.71. The summed E-state index contributed by atoms with van der Waals surface area (Å²) in [6.07, 6.45) is -0.585. The standard InChI is InChI=1S/C12H14ClNO/c1-8-12(11(15)7-13)9-5-3-4-6-10(9)14(8)2/h3-6,11,15H,7H2,1-2H3. The minimum atomic E-state index is -0.585. The smallest absolute Gasteiger partial charge is 0.0948 e. The summed E-state index contributed by atoms with van der Waals surface area (Å²) in [6.45, 7) is 2.01. The predicted molar refractivity (Wildman–Crippen MR) is 63.3 cm³/mol. The van der Waals surface area contributed by atoms with Crippen LogP contribution in [0.5, 0.6) is 0 Å². The van der Waals surface area contributed by atoms with Crippen LogP contribution in [0.25, 0.3) is 10.9 Å². The number of halogens is 1. The van der Waals surface area contributed by atoms with Crippen molar-refractivity contribution in [3.8, 4) is 0 Å². The lowest BCUT2D eigenvalue weighted by Gasteiger charge is -2.07. The van der Waals surface area contributed by atoms with Gasteiger partial charge in [-0.2, -0.15) is 0 Å². The van der Waals surface area contributed by atoms with Crippen LogP contribution < -0.4 is 0 Å². The van der Waals surface area contributed by atoms with Gasteiger partial charge in [-0.15, -0.1) is 11.6 Å². The number of para-hydroxylation sites is 1. The molecule has 1 N–H and O–H groups in total. The van der Waals surface area contributed by atoms with E-state index in [9.17, 15) is 5.11 Å². The number of hydrogen-bond donors (Lipinski definition) is 1. The molecule has 1 unspecified atom stereocenters. The Morgan fingerprint density at radius 1 is 1.40 bits per heavy atom. The second-order valence-corrected chi connectivity index (χ2v) is 4.05. The second kappa shape index (κ2) is 3.87. The molecule has 0 amide bonds. The monoisotopic (exact) mass is 223 g/mol. The van der Waals surface area contributed by atoms with Gasteiger partial charge in [0.05, 0.1) is 12.0 Å². The van der Waals surface area contributed by atoms with E-state index in [1.165, 1.54) is 0 Å². The summed E-state index contributed by atoms with van der Waals surface area (Å²) in [5, 5.41) is 11.0. The van der Waals surface area contributed by atoms with Gasteiger partial charge in [-0.05, 0) is 13.0 Å². The number of aliphatic hydroxyl groups is 1. The number of rotatable bonds is 2. The van der Waals surface area contributed by atoms with Crippen molar-refractivity contribution < 1.29 is 5.11 Å².